The highest BCUT2D eigenvalue weighted by Crippen LogP contribution is 2.31. The van der Waals surface area contributed by atoms with E-state index < -0.39 is 0 Å². The molecular weight excluding hydrogens is 328 g/mol. The fraction of sp³-hybridized carbons (Fsp3) is 0.238. The molecule has 4 heteroatoms. The fourth-order valence-electron chi connectivity index (χ4n) is 3.44. The van der Waals surface area contributed by atoms with Crippen LogP contribution in [0.4, 0.5) is 0 Å². The van der Waals surface area contributed by atoms with Crippen molar-refractivity contribution in [1.82, 2.24) is 10.3 Å². The van der Waals surface area contributed by atoms with Crippen molar-refractivity contribution in [2.45, 2.75) is 32.2 Å². The Kier molecular flexibility index (Phi) is 4.36. The van der Waals surface area contributed by atoms with Crippen LogP contribution in [0.5, 0.6) is 0 Å². The number of nitrogens with one attached hydrogen (secondary N) is 1. The zero-order chi connectivity index (χ0) is 17.2. The van der Waals surface area contributed by atoms with Crippen molar-refractivity contribution >= 4 is 17.2 Å². The number of amides is 1. The Hall–Kier alpha value is -2.46. The third kappa shape index (κ3) is 3.22. The second-order valence-corrected chi connectivity index (χ2v) is 7.42. The van der Waals surface area contributed by atoms with E-state index in [1.54, 1.807) is 0 Å². The van der Waals surface area contributed by atoms with E-state index in [-0.39, 0.29) is 11.9 Å². The van der Waals surface area contributed by atoms with Crippen molar-refractivity contribution in [3.8, 4) is 10.6 Å². The number of aromatic nitrogens is 1. The molecule has 0 bridgehead atoms. The average molecular weight is 348 g/mol. The van der Waals surface area contributed by atoms with E-state index in [0.29, 0.717) is 4.88 Å². The van der Waals surface area contributed by atoms with Crippen LogP contribution < -0.4 is 5.32 Å². The summed E-state index contributed by atoms with van der Waals surface area (Å²) in [5.74, 6) is -0.0149. The number of thiazole rings is 1. The number of nitrogens with zero attached hydrogens (tertiary/aromatic N) is 1. The Morgan fingerprint density at radius 1 is 1.12 bits per heavy atom. The van der Waals surface area contributed by atoms with Crippen LogP contribution in [0.15, 0.2) is 54.6 Å². The molecular formula is C21H20N2OS. The molecule has 1 aromatic heterocycles. The predicted molar refractivity (Wildman–Crippen MR) is 102 cm³/mol. The molecule has 1 atom stereocenters. The quantitative estimate of drug-likeness (QED) is 0.729. The molecule has 1 aliphatic rings. The van der Waals surface area contributed by atoms with Crippen molar-refractivity contribution in [3.63, 3.8) is 0 Å². The molecule has 2 aromatic carbocycles. The summed E-state index contributed by atoms with van der Waals surface area (Å²) in [6.07, 6.45) is 3.20. The third-order valence-electron chi connectivity index (χ3n) is 4.70. The van der Waals surface area contributed by atoms with Gasteiger partial charge in [0, 0.05) is 5.56 Å². The van der Waals surface area contributed by atoms with Crippen LogP contribution in [-0.2, 0) is 6.42 Å². The molecule has 4 rings (SSSR count). The van der Waals surface area contributed by atoms with Crippen molar-refractivity contribution in [1.29, 1.82) is 0 Å². The summed E-state index contributed by atoms with van der Waals surface area (Å²) in [6, 6.07) is 18.5. The van der Waals surface area contributed by atoms with Crippen LogP contribution in [0.3, 0.4) is 0 Å². The smallest absolute Gasteiger partial charge is 0.263 e. The number of carbonyl (C=O) groups is 1. The van der Waals surface area contributed by atoms with Crippen molar-refractivity contribution in [2.75, 3.05) is 0 Å². The molecule has 1 aliphatic carbocycles. The molecule has 0 spiro atoms. The van der Waals surface area contributed by atoms with Gasteiger partial charge in [0.25, 0.3) is 5.91 Å². The van der Waals surface area contributed by atoms with Crippen LogP contribution in [0.25, 0.3) is 10.6 Å². The number of rotatable bonds is 3. The molecule has 1 amide bonds. The largest absolute Gasteiger partial charge is 0.344 e. The summed E-state index contributed by atoms with van der Waals surface area (Å²) < 4.78 is 0. The standard InChI is InChI=1S/C21H20N2OS/c1-14-19(25-21(22-14)16-9-3-2-4-10-16)20(24)23-18-13-7-11-15-8-5-6-12-17(15)18/h2-6,8-10,12,18H,7,11,13H2,1H3,(H,23,24)/t18-/m1/s1. The molecule has 0 aliphatic heterocycles. The Labute approximate surface area is 151 Å². The molecule has 3 nitrogen and oxygen atoms in total. The highest BCUT2D eigenvalue weighted by atomic mass is 32.1. The highest BCUT2D eigenvalue weighted by Gasteiger charge is 2.24. The van der Waals surface area contributed by atoms with Gasteiger partial charge < -0.3 is 5.32 Å². The monoisotopic (exact) mass is 348 g/mol. The van der Waals surface area contributed by atoms with Crippen LogP contribution in [-0.4, -0.2) is 10.9 Å². The Morgan fingerprint density at radius 2 is 1.88 bits per heavy atom. The van der Waals surface area contributed by atoms with Gasteiger partial charge in [-0.05, 0) is 37.3 Å². The van der Waals surface area contributed by atoms with Gasteiger partial charge in [0.1, 0.15) is 9.88 Å². The first-order chi connectivity index (χ1) is 12.2. The lowest BCUT2D eigenvalue weighted by molar-refractivity contribution is 0.0936. The maximum atomic E-state index is 12.8. The van der Waals surface area contributed by atoms with Gasteiger partial charge in [0.15, 0.2) is 0 Å². The van der Waals surface area contributed by atoms with E-state index in [9.17, 15) is 4.79 Å². The fourth-order valence-corrected chi connectivity index (χ4v) is 4.41. The maximum Gasteiger partial charge on any atom is 0.263 e. The van der Waals surface area contributed by atoms with Crippen molar-refractivity contribution < 1.29 is 4.79 Å². The summed E-state index contributed by atoms with van der Waals surface area (Å²) in [5.41, 5.74) is 4.46. The summed E-state index contributed by atoms with van der Waals surface area (Å²) >= 11 is 1.47. The minimum absolute atomic E-state index is 0.0149. The normalized spacial score (nSPS) is 16.3. The van der Waals surface area contributed by atoms with E-state index in [1.165, 1.54) is 22.5 Å². The Morgan fingerprint density at radius 3 is 2.72 bits per heavy atom. The van der Waals surface area contributed by atoms with Gasteiger partial charge in [-0.1, -0.05) is 54.6 Å². The lowest BCUT2D eigenvalue weighted by Crippen LogP contribution is -2.30. The average Bonchev–Trinajstić information content (AvgIpc) is 3.05. The number of carbonyl (C=O) groups excluding carboxylic acids is 1. The summed E-state index contributed by atoms with van der Waals surface area (Å²) in [4.78, 5) is 18.2. The molecule has 0 saturated heterocycles. The van der Waals surface area contributed by atoms with Gasteiger partial charge in [-0.25, -0.2) is 4.98 Å². The minimum atomic E-state index is -0.0149. The van der Waals surface area contributed by atoms with Gasteiger partial charge >= 0.3 is 0 Å². The third-order valence-corrected chi connectivity index (χ3v) is 5.90. The lowest BCUT2D eigenvalue weighted by atomic mass is 9.88. The maximum absolute atomic E-state index is 12.8. The second-order valence-electron chi connectivity index (χ2n) is 6.42. The summed E-state index contributed by atoms with van der Waals surface area (Å²) in [5, 5.41) is 4.12. The molecule has 0 radical (unpaired) electrons. The number of aryl methyl sites for hydroxylation is 2. The second kappa shape index (κ2) is 6.81. The van der Waals surface area contributed by atoms with Crippen molar-refractivity contribution in [2.24, 2.45) is 0 Å². The molecule has 0 unspecified atom stereocenters. The first kappa shape index (κ1) is 16.0. The van der Waals surface area contributed by atoms with Gasteiger partial charge in [-0.15, -0.1) is 11.3 Å². The Balaban J connectivity index is 1.58. The van der Waals surface area contributed by atoms with E-state index >= 15 is 0 Å². The zero-order valence-corrected chi connectivity index (χ0v) is 15.0. The molecule has 0 fully saturated rings. The molecule has 1 N–H and O–H groups in total. The predicted octanol–water partition coefficient (Wildman–Crippen LogP) is 4.93. The highest BCUT2D eigenvalue weighted by molar-refractivity contribution is 7.17. The van der Waals surface area contributed by atoms with E-state index in [0.717, 1.165) is 35.5 Å². The lowest BCUT2D eigenvalue weighted by Gasteiger charge is -2.26. The zero-order valence-electron chi connectivity index (χ0n) is 14.2. The van der Waals surface area contributed by atoms with Gasteiger partial charge in [0.05, 0.1) is 11.7 Å². The number of benzene rings is 2. The first-order valence-corrected chi connectivity index (χ1v) is 9.45. The van der Waals surface area contributed by atoms with E-state index in [2.05, 4.69) is 34.6 Å². The first-order valence-electron chi connectivity index (χ1n) is 8.64. The van der Waals surface area contributed by atoms with Gasteiger partial charge in [-0.2, -0.15) is 0 Å². The Bertz CT molecular complexity index is 901. The minimum Gasteiger partial charge on any atom is -0.344 e. The topological polar surface area (TPSA) is 42.0 Å². The molecule has 126 valence electrons. The summed E-state index contributed by atoms with van der Waals surface area (Å²) in [7, 11) is 0. The van der Waals surface area contributed by atoms with Crippen molar-refractivity contribution in [3.05, 3.63) is 76.3 Å². The molecule has 0 saturated carbocycles. The van der Waals surface area contributed by atoms with Crippen LogP contribution in [0.1, 0.15) is 45.4 Å². The number of fused-ring (bicyclic) bond motifs is 1. The van der Waals surface area contributed by atoms with Crippen LogP contribution in [0.2, 0.25) is 0 Å². The van der Waals surface area contributed by atoms with E-state index in [1.807, 2.05) is 37.3 Å². The molecule has 1 heterocycles. The van der Waals surface area contributed by atoms with Crippen LogP contribution in [0, 0.1) is 6.92 Å². The number of hydrogen-bond donors (Lipinski definition) is 1. The summed E-state index contributed by atoms with van der Waals surface area (Å²) in [6.45, 7) is 1.91. The number of hydrogen-bond acceptors (Lipinski definition) is 3. The van der Waals surface area contributed by atoms with Gasteiger partial charge in [0.2, 0.25) is 0 Å². The molecule has 3 aromatic rings. The van der Waals surface area contributed by atoms with E-state index in [4.69, 9.17) is 0 Å². The molecule has 25 heavy (non-hydrogen) atoms. The SMILES string of the molecule is Cc1nc(-c2ccccc2)sc1C(=O)N[C@@H]1CCCc2ccccc21. The van der Waals surface area contributed by atoms with Crippen LogP contribution >= 0.6 is 11.3 Å². The van der Waals surface area contributed by atoms with Gasteiger partial charge in [-0.3, -0.25) is 4.79 Å².